The molecule has 118 valence electrons. The fraction of sp³-hybridized carbons (Fsp3) is 0.429. The molecule has 1 saturated carbocycles. The van der Waals surface area contributed by atoms with Crippen LogP contribution in [-0.4, -0.2) is 7.05 Å². The Morgan fingerprint density at radius 1 is 1.05 bits per heavy atom. The Bertz CT molecular complexity index is 614. The average Bonchev–Trinajstić information content (AvgIpc) is 2.65. The fourth-order valence-electron chi connectivity index (χ4n) is 3.80. The van der Waals surface area contributed by atoms with E-state index in [1.807, 2.05) is 7.05 Å². The van der Waals surface area contributed by atoms with Crippen molar-refractivity contribution in [3.05, 3.63) is 71.0 Å². The van der Waals surface area contributed by atoms with Crippen molar-refractivity contribution in [3.8, 4) is 0 Å². The Morgan fingerprint density at radius 2 is 1.68 bits per heavy atom. The third-order valence-corrected chi connectivity index (χ3v) is 4.84. The van der Waals surface area contributed by atoms with Gasteiger partial charge >= 0.3 is 0 Å². The number of nitrogens with one attached hydrogen (secondary N) is 1. The van der Waals surface area contributed by atoms with Crippen LogP contribution in [0.3, 0.4) is 0 Å². The second-order valence-electron chi connectivity index (χ2n) is 7.21. The van der Waals surface area contributed by atoms with E-state index in [2.05, 4.69) is 88.6 Å². The van der Waals surface area contributed by atoms with Crippen LogP contribution in [0.25, 0.3) is 0 Å². The minimum Gasteiger partial charge on any atom is -0.394 e. The van der Waals surface area contributed by atoms with Gasteiger partial charge in [0.2, 0.25) is 0 Å². The first-order valence-corrected chi connectivity index (χ1v) is 8.14. The summed E-state index contributed by atoms with van der Waals surface area (Å²) in [4.78, 5) is 0. The number of hydrogen-bond donors (Lipinski definition) is 1. The number of aryl methyl sites for hydroxylation is 1. The largest absolute Gasteiger partial charge is 0.394 e. The maximum Gasteiger partial charge on any atom is 0.0200 e. The standard InChI is InChI=1S/C21H29N/c1-7-8-9-18-19(14-22-6)21(5,15-20(18,3)4)17-12-10-16(2)11-13-17/h7-14,22H,15H2,1-6H3/b8-7+,18-9+,19-14+. The van der Waals surface area contributed by atoms with Crippen molar-refractivity contribution in [1.29, 1.82) is 0 Å². The second-order valence-corrected chi connectivity index (χ2v) is 7.21. The molecule has 2 rings (SSSR count). The first-order chi connectivity index (χ1) is 10.3. The molecule has 0 heterocycles. The van der Waals surface area contributed by atoms with Gasteiger partial charge in [-0.15, -0.1) is 0 Å². The molecule has 1 fully saturated rings. The Morgan fingerprint density at radius 3 is 2.23 bits per heavy atom. The van der Waals surface area contributed by atoms with E-state index in [0.717, 1.165) is 6.42 Å². The van der Waals surface area contributed by atoms with Crippen molar-refractivity contribution in [2.75, 3.05) is 7.05 Å². The molecule has 0 spiro atoms. The molecule has 22 heavy (non-hydrogen) atoms. The van der Waals surface area contributed by atoms with E-state index >= 15 is 0 Å². The summed E-state index contributed by atoms with van der Waals surface area (Å²) in [6.07, 6.45) is 9.84. The summed E-state index contributed by atoms with van der Waals surface area (Å²) >= 11 is 0. The van der Waals surface area contributed by atoms with Gasteiger partial charge in [-0.3, -0.25) is 0 Å². The zero-order valence-corrected chi connectivity index (χ0v) is 14.8. The summed E-state index contributed by atoms with van der Waals surface area (Å²) in [7, 11) is 1.99. The van der Waals surface area contributed by atoms with Gasteiger partial charge in [-0.05, 0) is 42.4 Å². The summed E-state index contributed by atoms with van der Waals surface area (Å²) in [5, 5.41) is 3.26. The molecule has 1 N–H and O–H groups in total. The second kappa shape index (κ2) is 6.16. The van der Waals surface area contributed by atoms with Crippen LogP contribution in [0, 0.1) is 12.3 Å². The summed E-state index contributed by atoms with van der Waals surface area (Å²) in [5.41, 5.74) is 5.77. The van der Waals surface area contributed by atoms with Gasteiger partial charge < -0.3 is 5.32 Å². The van der Waals surface area contributed by atoms with Gasteiger partial charge in [0.1, 0.15) is 0 Å². The number of allylic oxidation sites excluding steroid dienone is 5. The highest BCUT2D eigenvalue weighted by Gasteiger charge is 2.48. The smallest absolute Gasteiger partial charge is 0.0200 e. The molecule has 0 amide bonds. The van der Waals surface area contributed by atoms with Crippen LogP contribution in [0.4, 0.5) is 0 Å². The molecule has 0 aromatic heterocycles. The van der Waals surface area contributed by atoms with Crippen molar-refractivity contribution in [3.63, 3.8) is 0 Å². The van der Waals surface area contributed by atoms with Crippen LogP contribution in [-0.2, 0) is 5.41 Å². The molecule has 1 heteroatoms. The van der Waals surface area contributed by atoms with E-state index in [1.165, 1.54) is 22.3 Å². The topological polar surface area (TPSA) is 12.0 Å². The first kappa shape index (κ1) is 16.6. The fourth-order valence-corrected chi connectivity index (χ4v) is 3.80. The Labute approximate surface area is 135 Å². The van der Waals surface area contributed by atoms with Gasteiger partial charge in [0, 0.05) is 18.7 Å². The molecular weight excluding hydrogens is 266 g/mol. The monoisotopic (exact) mass is 295 g/mol. The minimum absolute atomic E-state index is 0.0492. The molecule has 1 aliphatic rings. The van der Waals surface area contributed by atoms with Crippen LogP contribution >= 0.6 is 0 Å². The van der Waals surface area contributed by atoms with Crippen LogP contribution < -0.4 is 5.32 Å². The zero-order valence-electron chi connectivity index (χ0n) is 14.8. The van der Waals surface area contributed by atoms with Crippen LogP contribution in [0.5, 0.6) is 0 Å². The molecule has 1 nitrogen and oxygen atoms in total. The number of rotatable bonds is 3. The molecular formula is C21H29N. The maximum absolute atomic E-state index is 3.26. The molecule has 1 aliphatic carbocycles. The summed E-state index contributed by atoms with van der Waals surface area (Å²) in [5.74, 6) is 0. The Hall–Kier alpha value is -1.76. The SMILES string of the molecule is C/C=C/C=C1\C(=C/NC)C(C)(c2ccc(C)cc2)CC1(C)C. The van der Waals surface area contributed by atoms with Crippen molar-refractivity contribution >= 4 is 0 Å². The molecule has 1 aromatic carbocycles. The minimum atomic E-state index is 0.0492. The normalized spacial score (nSPS) is 27.9. The van der Waals surface area contributed by atoms with Gasteiger partial charge in [0.15, 0.2) is 0 Å². The number of hydrogen-bond acceptors (Lipinski definition) is 1. The Kier molecular flexibility index (Phi) is 4.65. The maximum atomic E-state index is 3.26. The van der Waals surface area contributed by atoms with Crippen molar-refractivity contribution < 1.29 is 0 Å². The lowest BCUT2D eigenvalue weighted by atomic mass is 9.76. The molecule has 1 atom stereocenters. The van der Waals surface area contributed by atoms with E-state index in [-0.39, 0.29) is 10.8 Å². The molecule has 1 aromatic rings. The lowest BCUT2D eigenvalue weighted by Crippen LogP contribution is -2.22. The summed E-state index contributed by atoms with van der Waals surface area (Å²) in [6, 6.07) is 9.01. The van der Waals surface area contributed by atoms with Crippen molar-refractivity contribution in [1.82, 2.24) is 5.32 Å². The van der Waals surface area contributed by atoms with E-state index in [0.29, 0.717) is 0 Å². The predicted octanol–water partition coefficient (Wildman–Crippen LogP) is 5.29. The molecule has 1 unspecified atom stereocenters. The first-order valence-electron chi connectivity index (χ1n) is 8.14. The van der Waals surface area contributed by atoms with Crippen molar-refractivity contribution in [2.45, 2.75) is 46.5 Å². The van der Waals surface area contributed by atoms with Gasteiger partial charge in [0.25, 0.3) is 0 Å². The van der Waals surface area contributed by atoms with Crippen molar-refractivity contribution in [2.24, 2.45) is 5.41 Å². The summed E-state index contributed by atoms with van der Waals surface area (Å²) in [6.45, 7) is 11.3. The highest BCUT2D eigenvalue weighted by Crippen LogP contribution is 2.57. The zero-order chi connectivity index (χ0) is 16.4. The van der Waals surface area contributed by atoms with E-state index in [4.69, 9.17) is 0 Å². The third kappa shape index (κ3) is 2.90. The lowest BCUT2D eigenvalue weighted by Gasteiger charge is -2.28. The third-order valence-electron chi connectivity index (χ3n) is 4.84. The summed E-state index contributed by atoms with van der Waals surface area (Å²) < 4.78 is 0. The predicted molar refractivity (Wildman–Crippen MR) is 97.0 cm³/mol. The van der Waals surface area contributed by atoms with Gasteiger partial charge in [-0.25, -0.2) is 0 Å². The van der Waals surface area contributed by atoms with Crippen LogP contribution in [0.2, 0.25) is 0 Å². The average molecular weight is 295 g/mol. The highest BCUT2D eigenvalue weighted by atomic mass is 14.8. The van der Waals surface area contributed by atoms with Gasteiger partial charge in [0.05, 0.1) is 0 Å². The van der Waals surface area contributed by atoms with Gasteiger partial charge in [-0.1, -0.05) is 68.8 Å². The van der Waals surface area contributed by atoms with E-state index < -0.39 is 0 Å². The molecule has 0 saturated heterocycles. The Balaban J connectivity index is 2.60. The van der Waals surface area contributed by atoms with Crippen LogP contribution in [0.15, 0.2) is 59.8 Å². The molecule has 0 radical (unpaired) electrons. The molecule has 0 aliphatic heterocycles. The highest BCUT2D eigenvalue weighted by molar-refractivity contribution is 5.55. The number of benzene rings is 1. The lowest BCUT2D eigenvalue weighted by molar-refractivity contribution is 0.388. The quantitative estimate of drug-likeness (QED) is 0.799. The van der Waals surface area contributed by atoms with Gasteiger partial charge in [-0.2, -0.15) is 0 Å². The molecule has 0 bridgehead atoms. The van der Waals surface area contributed by atoms with E-state index in [1.54, 1.807) is 0 Å². The van der Waals surface area contributed by atoms with Crippen LogP contribution in [0.1, 0.15) is 45.2 Å². The van der Waals surface area contributed by atoms with E-state index in [9.17, 15) is 0 Å².